The van der Waals surface area contributed by atoms with Crippen LogP contribution in [0.4, 0.5) is 18.0 Å². The number of piperazine rings is 1. The summed E-state index contributed by atoms with van der Waals surface area (Å²) in [7, 11) is 1.71. The molecule has 8 nitrogen and oxygen atoms in total. The predicted octanol–water partition coefficient (Wildman–Crippen LogP) is 6.54. The van der Waals surface area contributed by atoms with Crippen molar-refractivity contribution in [1.82, 2.24) is 24.8 Å². The zero-order valence-electron chi connectivity index (χ0n) is 24.5. The number of hydrogen-bond acceptors (Lipinski definition) is 6. The van der Waals surface area contributed by atoms with Crippen molar-refractivity contribution < 1.29 is 27.4 Å². The molecule has 1 aliphatic heterocycles. The second-order valence-corrected chi connectivity index (χ2v) is 11.4. The molecule has 2 aromatic carbocycles. The number of methoxy groups -OCH3 is 1. The van der Waals surface area contributed by atoms with Gasteiger partial charge in [-0.1, -0.05) is 40.7 Å². The number of carbonyl (C=O) groups excluding carboxylic acids is 1. The zero-order chi connectivity index (χ0) is 30.3. The lowest BCUT2D eigenvalue weighted by molar-refractivity contribution is -0.274. The molecule has 3 aromatic rings. The fourth-order valence-corrected chi connectivity index (χ4v) is 4.51. The number of hydrogen-bond donors (Lipinski definition) is 0. The lowest BCUT2D eigenvalue weighted by Crippen LogP contribution is -2.56. The lowest BCUT2D eigenvalue weighted by atomic mass is 9.93. The van der Waals surface area contributed by atoms with E-state index in [0.29, 0.717) is 24.2 Å². The molecule has 5 rings (SSSR count). The molecule has 0 bridgehead atoms. The van der Waals surface area contributed by atoms with E-state index >= 15 is 0 Å². The number of alkyl halides is 3. The van der Waals surface area contributed by atoms with E-state index in [1.165, 1.54) is 42.5 Å². The number of ether oxygens (including phenoxy) is 2. The number of aromatic nitrogens is 3. The molecule has 1 amide bonds. The summed E-state index contributed by atoms with van der Waals surface area (Å²) in [6.45, 7) is 8.06. The van der Waals surface area contributed by atoms with Gasteiger partial charge in [-0.2, -0.15) is 5.10 Å². The van der Waals surface area contributed by atoms with Gasteiger partial charge in [0.15, 0.2) is 0 Å². The average molecular weight is 586 g/mol. The minimum atomic E-state index is -4.76. The van der Waals surface area contributed by atoms with E-state index in [1.54, 1.807) is 7.11 Å². The third-order valence-corrected chi connectivity index (χ3v) is 7.09. The molecular formula is C31H38F3N5O3. The Morgan fingerprint density at radius 1 is 1.02 bits per heavy atom. The number of halogens is 3. The Bertz CT molecular complexity index is 1330. The topological polar surface area (TPSA) is 72.7 Å². The van der Waals surface area contributed by atoms with Crippen LogP contribution in [0.5, 0.6) is 5.75 Å². The summed E-state index contributed by atoms with van der Waals surface area (Å²) < 4.78 is 46.1. The van der Waals surface area contributed by atoms with Gasteiger partial charge in [0.05, 0.1) is 17.8 Å². The molecule has 2 aliphatic rings. The Morgan fingerprint density at radius 2 is 1.69 bits per heavy atom. The molecular weight excluding hydrogens is 547 g/mol. The number of allylic oxidation sites excluding steroid dienone is 1. The molecule has 11 heteroatoms. The highest BCUT2D eigenvalue weighted by Crippen LogP contribution is 2.28. The van der Waals surface area contributed by atoms with Crippen molar-refractivity contribution in [3.8, 4) is 17.0 Å². The van der Waals surface area contributed by atoms with E-state index in [9.17, 15) is 18.0 Å². The molecule has 42 heavy (non-hydrogen) atoms. The summed E-state index contributed by atoms with van der Waals surface area (Å²) in [5.74, 6) is -0.326. The van der Waals surface area contributed by atoms with E-state index in [0.717, 1.165) is 36.3 Å². The molecule has 0 spiro atoms. The van der Waals surface area contributed by atoms with Crippen molar-refractivity contribution >= 4 is 6.03 Å². The third kappa shape index (κ3) is 9.07. The van der Waals surface area contributed by atoms with E-state index in [1.807, 2.05) is 43.9 Å². The van der Waals surface area contributed by atoms with E-state index in [-0.39, 0.29) is 23.4 Å². The van der Waals surface area contributed by atoms with Gasteiger partial charge in [0.1, 0.15) is 11.4 Å². The highest BCUT2D eigenvalue weighted by Gasteiger charge is 2.33. The van der Waals surface area contributed by atoms with Gasteiger partial charge in [-0.3, -0.25) is 0 Å². The molecule has 2 heterocycles. The largest absolute Gasteiger partial charge is 0.573 e. The lowest BCUT2D eigenvalue weighted by Gasteiger charge is -2.41. The molecule has 1 saturated heterocycles. The minimum Gasteiger partial charge on any atom is -0.406 e. The number of amides is 1. The van der Waals surface area contributed by atoms with Gasteiger partial charge in [0, 0.05) is 32.3 Å². The van der Waals surface area contributed by atoms with Crippen LogP contribution in [-0.4, -0.2) is 75.6 Å². The van der Waals surface area contributed by atoms with Gasteiger partial charge in [-0.15, -0.1) is 18.3 Å². The predicted molar refractivity (Wildman–Crippen MR) is 154 cm³/mol. The SMILES string of the molecule is COC(C)(C)C.O=C(N1CCN(C=C2CCC2)CC1Cc1ccccc1)n1ncc(-c2ccc(OC(F)(F)F)cc2)n1. The van der Waals surface area contributed by atoms with Crippen LogP contribution in [0.15, 0.2) is 72.6 Å². The number of benzene rings is 2. The summed E-state index contributed by atoms with van der Waals surface area (Å²) in [6, 6.07) is 15.0. The van der Waals surface area contributed by atoms with Gasteiger partial charge in [-0.05, 0) is 82.5 Å². The molecule has 226 valence electrons. The fraction of sp³-hybridized carbons (Fsp3) is 0.452. The maximum absolute atomic E-state index is 13.4. The number of nitrogens with zero attached hydrogens (tertiary/aromatic N) is 5. The Hall–Kier alpha value is -3.86. The van der Waals surface area contributed by atoms with Crippen molar-refractivity contribution in [3.05, 3.63) is 78.1 Å². The molecule has 2 fully saturated rings. The van der Waals surface area contributed by atoms with Crippen molar-refractivity contribution in [2.45, 2.75) is 64.5 Å². The smallest absolute Gasteiger partial charge is 0.406 e. The standard InChI is InChI=1S/C26H26F3N5O2.C5H12O/c27-26(28,29)36-23-11-9-21(10-12-23)24-16-30-34(31-24)25(35)33-14-13-32(17-20-7-4-8-20)18-22(33)15-19-5-2-1-3-6-19;1-5(2,3)6-4/h1-3,5-6,9-12,16-17,22H,4,7-8,13-15,18H2;1-4H3. The van der Waals surface area contributed by atoms with Crippen molar-refractivity contribution in [1.29, 1.82) is 0 Å². The second kappa shape index (κ2) is 13.4. The molecule has 1 aromatic heterocycles. The summed E-state index contributed by atoms with van der Waals surface area (Å²) >= 11 is 0. The Balaban J connectivity index is 0.000000612. The first-order chi connectivity index (χ1) is 19.9. The van der Waals surface area contributed by atoms with Crippen LogP contribution in [0.3, 0.4) is 0 Å². The third-order valence-electron chi connectivity index (χ3n) is 7.09. The first kappa shape index (κ1) is 31.1. The van der Waals surface area contributed by atoms with Crippen molar-refractivity contribution in [3.63, 3.8) is 0 Å². The fourth-order valence-electron chi connectivity index (χ4n) is 4.51. The highest BCUT2D eigenvalue weighted by atomic mass is 19.4. The van der Waals surface area contributed by atoms with Gasteiger partial charge in [0.2, 0.25) is 0 Å². The van der Waals surface area contributed by atoms with Gasteiger partial charge >= 0.3 is 12.4 Å². The molecule has 1 saturated carbocycles. The summed E-state index contributed by atoms with van der Waals surface area (Å²) in [5.41, 5.74) is 3.56. The Labute approximate surface area is 244 Å². The van der Waals surface area contributed by atoms with E-state index < -0.39 is 6.36 Å². The van der Waals surface area contributed by atoms with Gasteiger partial charge in [0.25, 0.3) is 0 Å². The first-order valence-electron chi connectivity index (χ1n) is 14.0. The Kier molecular flexibility index (Phi) is 9.93. The summed E-state index contributed by atoms with van der Waals surface area (Å²) in [5, 5.41) is 8.48. The van der Waals surface area contributed by atoms with E-state index in [4.69, 9.17) is 4.74 Å². The molecule has 0 N–H and O–H groups in total. The van der Waals surface area contributed by atoms with Crippen molar-refractivity contribution in [2.75, 3.05) is 26.7 Å². The highest BCUT2D eigenvalue weighted by molar-refractivity contribution is 5.76. The van der Waals surface area contributed by atoms with Crippen molar-refractivity contribution in [2.24, 2.45) is 0 Å². The quantitative estimate of drug-likeness (QED) is 0.339. The Morgan fingerprint density at radius 3 is 2.26 bits per heavy atom. The van der Waals surface area contributed by atoms with Crippen LogP contribution in [0, 0.1) is 0 Å². The zero-order valence-corrected chi connectivity index (χ0v) is 24.5. The van der Waals surface area contributed by atoms with E-state index in [2.05, 4.69) is 38.2 Å². The maximum atomic E-state index is 13.4. The molecule has 1 aliphatic carbocycles. The van der Waals surface area contributed by atoms with Crippen LogP contribution in [0.1, 0.15) is 45.6 Å². The first-order valence-corrected chi connectivity index (χ1v) is 14.0. The molecule has 0 radical (unpaired) electrons. The second-order valence-electron chi connectivity index (χ2n) is 11.4. The number of carbonyl (C=O) groups is 1. The molecule has 1 unspecified atom stereocenters. The summed E-state index contributed by atoms with van der Waals surface area (Å²) in [6.07, 6.45) is 3.16. The number of rotatable bonds is 5. The van der Waals surface area contributed by atoms with Crippen LogP contribution >= 0.6 is 0 Å². The average Bonchev–Trinajstić information content (AvgIpc) is 3.41. The van der Waals surface area contributed by atoms with Crippen LogP contribution in [0.2, 0.25) is 0 Å². The van der Waals surface area contributed by atoms with Crippen LogP contribution < -0.4 is 4.74 Å². The van der Waals surface area contributed by atoms with Gasteiger partial charge < -0.3 is 19.3 Å². The normalized spacial score (nSPS) is 17.2. The van der Waals surface area contributed by atoms with Crippen LogP contribution in [-0.2, 0) is 11.2 Å². The minimum absolute atomic E-state index is 0.0417. The van der Waals surface area contributed by atoms with Gasteiger partial charge in [-0.25, -0.2) is 4.79 Å². The summed E-state index contributed by atoms with van der Waals surface area (Å²) in [4.78, 5) is 18.6. The molecule has 1 atom stereocenters. The van der Waals surface area contributed by atoms with Crippen LogP contribution in [0.25, 0.3) is 11.3 Å². The maximum Gasteiger partial charge on any atom is 0.573 e. The monoisotopic (exact) mass is 585 g/mol.